The summed E-state index contributed by atoms with van der Waals surface area (Å²) < 4.78 is 6.60. The molecule has 0 aliphatic heterocycles. The Kier molecular flexibility index (Phi) is 2.69. The molecule has 0 bridgehead atoms. The lowest BCUT2D eigenvalue weighted by atomic mass is 10.1. The molecule has 20 heavy (non-hydrogen) atoms. The van der Waals surface area contributed by atoms with Crippen LogP contribution in [-0.4, -0.2) is 26.9 Å². The van der Waals surface area contributed by atoms with Gasteiger partial charge >= 0.3 is 0 Å². The van der Waals surface area contributed by atoms with Gasteiger partial charge in [-0.1, -0.05) is 12.1 Å². The summed E-state index contributed by atoms with van der Waals surface area (Å²) in [6, 6.07) is 9.38. The smallest absolute Gasteiger partial charge is 0.205 e. The van der Waals surface area contributed by atoms with Crippen LogP contribution in [0.4, 0.5) is 5.82 Å². The number of nitrogens with two attached hydrogens (primary N) is 1. The first-order valence-electron chi connectivity index (χ1n) is 5.79. The minimum Gasteiger partial charge on any atom is -0.497 e. The molecule has 0 atom stereocenters. The average molecular weight is 266 g/mol. The molecule has 2 aromatic heterocycles. The van der Waals surface area contributed by atoms with E-state index < -0.39 is 0 Å². The average Bonchev–Trinajstić information content (AvgIpc) is 2.92. The van der Waals surface area contributed by atoms with Crippen LogP contribution in [0, 0.1) is 11.3 Å². The van der Waals surface area contributed by atoms with E-state index in [1.54, 1.807) is 13.3 Å². The fourth-order valence-corrected chi connectivity index (χ4v) is 1.94. The molecule has 0 radical (unpaired) electrons. The van der Waals surface area contributed by atoms with E-state index in [2.05, 4.69) is 15.3 Å². The van der Waals surface area contributed by atoms with E-state index in [0.717, 1.165) is 16.9 Å². The van der Waals surface area contributed by atoms with Gasteiger partial charge < -0.3 is 10.5 Å². The summed E-state index contributed by atoms with van der Waals surface area (Å²) in [6.45, 7) is 0. The molecule has 0 fully saturated rings. The van der Waals surface area contributed by atoms with E-state index in [0.29, 0.717) is 5.65 Å². The molecule has 0 aliphatic carbocycles. The summed E-state index contributed by atoms with van der Waals surface area (Å²) in [5, 5.41) is 20.8. The predicted molar refractivity (Wildman–Crippen MR) is 71.9 cm³/mol. The Bertz CT molecular complexity index is 832. The van der Waals surface area contributed by atoms with Gasteiger partial charge in [0.05, 0.1) is 13.3 Å². The van der Waals surface area contributed by atoms with Crippen molar-refractivity contribution in [2.75, 3.05) is 12.8 Å². The fraction of sp³-hybridized carbons (Fsp3) is 0.0769. The van der Waals surface area contributed by atoms with Crippen molar-refractivity contribution in [1.29, 1.82) is 5.26 Å². The Morgan fingerprint density at radius 3 is 2.95 bits per heavy atom. The van der Waals surface area contributed by atoms with Crippen molar-refractivity contribution in [3.8, 4) is 22.9 Å². The van der Waals surface area contributed by atoms with Crippen LogP contribution in [-0.2, 0) is 0 Å². The Morgan fingerprint density at radius 1 is 1.35 bits per heavy atom. The minimum atomic E-state index is 0.0535. The van der Waals surface area contributed by atoms with Crippen molar-refractivity contribution in [2.24, 2.45) is 0 Å². The Morgan fingerprint density at radius 2 is 2.20 bits per heavy atom. The molecule has 3 aromatic rings. The highest BCUT2D eigenvalue weighted by atomic mass is 16.5. The second-order valence-electron chi connectivity index (χ2n) is 4.07. The van der Waals surface area contributed by atoms with Crippen LogP contribution in [0.2, 0.25) is 0 Å². The van der Waals surface area contributed by atoms with Crippen LogP contribution in [0.3, 0.4) is 0 Å². The molecular formula is C13H10N6O. The molecule has 0 unspecified atom stereocenters. The third-order valence-corrected chi connectivity index (χ3v) is 2.95. The van der Waals surface area contributed by atoms with Crippen LogP contribution in [0.1, 0.15) is 5.69 Å². The summed E-state index contributed by atoms with van der Waals surface area (Å²) >= 11 is 0. The molecule has 0 amide bonds. The lowest BCUT2D eigenvalue weighted by molar-refractivity contribution is 0.415. The molecule has 0 aliphatic rings. The van der Waals surface area contributed by atoms with Crippen molar-refractivity contribution < 1.29 is 4.74 Å². The molecule has 7 nitrogen and oxygen atoms in total. The quantitative estimate of drug-likeness (QED) is 0.749. The van der Waals surface area contributed by atoms with Crippen LogP contribution in [0.25, 0.3) is 16.8 Å². The highest BCUT2D eigenvalue weighted by Gasteiger charge is 2.13. The van der Waals surface area contributed by atoms with Gasteiger partial charge in [-0.2, -0.15) is 14.9 Å². The van der Waals surface area contributed by atoms with Gasteiger partial charge in [-0.15, -0.1) is 10.2 Å². The molecule has 98 valence electrons. The van der Waals surface area contributed by atoms with E-state index in [1.165, 1.54) is 4.52 Å². The monoisotopic (exact) mass is 266 g/mol. The van der Waals surface area contributed by atoms with Crippen LogP contribution >= 0.6 is 0 Å². The SMILES string of the molecule is COc1cccc(-c2cnn3c(N)c(C#N)nnc23)c1. The Labute approximate surface area is 114 Å². The summed E-state index contributed by atoms with van der Waals surface area (Å²) in [5.41, 5.74) is 8.03. The van der Waals surface area contributed by atoms with Gasteiger partial charge in [0.25, 0.3) is 0 Å². The largest absolute Gasteiger partial charge is 0.497 e. The van der Waals surface area contributed by atoms with Crippen LogP contribution < -0.4 is 10.5 Å². The van der Waals surface area contributed by atoms with Crippen LogP contribution in [0.15, 0.2) is 30.5 Å². The molecule has 3 rings (SSSR count). The fourth-order valence-electron chi connectivity index (χ4n) is 1.94. The highest BCUT2D eigenvalue weighted by Crippen LogP contribution is 2.27. The Balaban J connectivity index is 2.23. The van der Waals surface area contributed by atoms with Crippen molar-refractivity contribution >= 4 is 11.5 Å². The summed E-state index contributed by atoms with van der Waals surface area (Å²) in [5.74, 6) is 0.906. The van der Waals surface area contributed by atoms with E-state index in [9.17, 15) is 0 Å². The number of ether oxygens (including phenoxy) is 1. The van der Waals surface area contributed by atoms with Gasteiger partial charge in [0.2, 0.25) is 5.69 Å². The number of nitrogens with zero attached hydrogens (tertiary/aromatic N) is 5. The maximum atomic E-state index is 8.88. The first-order valence-corrected chi connectivity index (χ1v) is 5.79. The summed E-state index contributed by atoms with van der Waals surface area (Å²) in [4.78, 5) is 0. The lowest BCUT2D eigenvalue weighted by Gasteiger charge is -2.03. The molecule has 0 saturated carbocycles. The van der Waals surface area contributed by atoms with Gasteiger partial charge in [0.1, 0.15) is 11.8 Å². The van der Waals surface area contributed by atoms with E-state index in [4.69, 9.17) is 15.7 Å². The number of anilines is 1. The number of hydrogen-bond acceptors (Lipinski definition) is 6. The third-order valence-electron chi connectivity index (χ3n) is 2.95. The normalized spacial score (nSPS) is 10.4. The maximum absolute atomic E-state index is 8.88. The molecule has 2 heterocycles. The molecule has 1 aromatic carbocycles. The molecule has 7 heteroatoms. The number of nitriles is 1. The van der Waals surface area contributed by atoms with Crippen LogP contribution in [0.5, 0.6) is 5.75 Å². The van der Waals surface area contributed by atoms with Crippen molar-refractivity contribution in [3.63, 3.8) is 0 Å². The zero-order valence-electron chi connectivity index (χ0n) is 10.6. The molecule has 0 spiro atoms. The second kappa shape index (κ2) is 4.51. The number of hydrogen-bond donors (Lipinski definition) is 1. The molecular weight excluding hydrogens is 256 g/mol. The second-order valence-corrected chi connectivity index (χ2v) is 4.07. The third kappa shape index (κ3) is 1.71. The minimum absolute atomic E-state index is 0.0535. The highest BCUT2D eigenvalue weighted by molar-refractivity contribution is 5.78. The van der Waals surface area contributed by atoms with Crippen molar-refractivity contribution in [3.05, 3.63) is 36.2 Å². The molecule has 0 saturated heterocycles. The predicted octanol–water partition coefficient (Wildman–Crippen LogP) is 1.25. The number of nitrogen functional groups attached to an aromatic ring is 1. The number of aromatic nitrogens is 4. The number of benzene rings is 1. The van der Waals surface area contributed by atoms with Crippen molar-refractivity contribution in [2.45, 2.75) is 0 Å². The zero-order chi connectivity index (χ0) is 14.1. The summed E-state index contributed by atoms with van der Waals surface area (Å²) in [6.07, 6.45) is 1.64. The van der Waals surface area contributed by atoms with Gasteiger partial charge in [-0.25, -0.2) is 0 Å². The number of fused-ring (bicyclic) bond motifs is 1. The van der Waals surface area contributed by atoms with Crippen molar-refractivity contribution in [1.82, 2.24) is 19.8 Å². The number of rotatable bonds is 2. The van der Waals surface area contributed by atoms with Gasteiger partial charge in [0.15, 0.2) is 11.5 Å². The molecule has 2 N–H and O–H groups in total. The topological polar surface area (TPSA) is 102 Å². The number of methoxy groups -OCH3 is 1. The standard InChI is InChI=1S/C13H10N6O/c1-20-9-4-2-3-8(5-9)10-7-16-19-12(15)11(6-14)17-18-13(10)19/h2-5,7H,15H2,1H3. The zero-order valence-corrected chi connectivity index (χ0v) is 10.6. The maximum Gasteiger partial charge on any atom is 0.205 e. The van der Waals surface area contributed by atoms with E-state index >= 15 is 0 Å². The van der Waals surface area contributed by atoms with E-state index in [1.807, 2.05) is 30.3 Å². The summed E-state index contributed by atoms with van der Waals surface area (Å²) in [7, 11) is 1.60. The first kappa shape index (κ1) is 11.9. The van der Waals surface area contributed by atoms with E-state index in [-0.39, 0.29) is 11.5 Å². The Hall–Kier alpha value is -3.14. The van der Waals surface area contributed by atoms with Gasteiger partial charge in [-0.3, -0.25) is 0 Å². The lowest BCUT2D eigenvalue weighted by Crippen LogP contribution is -2.05. The van der Waals surface area contributed by atoms with Gasteiger partial charge in [0, 0.05) is 5.56 Å². The van der Waals surface area contributed by atoms with Gasteiger partial charge in [-0.05, 0) is 17.7 Å². The first-order chi connectivity index (χ1) is 9.74.